The van der Waals surface area contributed by atoms with Crippen molar-refractivity contribution >= 4 is 11.7 Å². The van der Waals surface area contributed by atoms with Gasteiger partial charge in [0.2, 0.25) is 0 Å². The molecule has 0 radical (unpaired) electrons. The molecule has 0 aliphatic rings. The summed E-state index contributed by atoms with van der Waals surface area (Å²) in [5.74, 6) is -2.00. The zero-order chi connectivity index (χ0) is 14.3. The molecule has 0 fully saturated rings. The molecular formula is C13H19FN2O3. The molecule has 5 nitrogen and oxygen atoms in total. The number of hydrogen-bond donors (Lipinski definition) is 2. The van der Waals surface area contributed by atoms with Gasteiger partial charge in [-0.3, -0.25) is 0 Å². The lowest BCUT2D eigenvalue weighted by Crippen LogP contribution is -2.28. The molecule has 106 valence electrons. The summed E-state index contributed by atoms with van der Waals surface area (Å²) in [6, 6.07) is 4.18. The summed E-state index contributed by atoms with van der Waals surface area (Å²) in [4.78, 5) is 13.0. The minimum Gasteiger partial charge on any atom is -0.478 e. The first-order chi connectivity index (χ1) is 9.06. The van der Waals surface area contributed by atoms with E-state index in [2.05, 4.69) is 5.32 Å². The molecule has 0 bridgehead atoms. The van der Waals surface area contributed by atoms with Gasteiger partial charge in [-0.05, 0) is 19.2 Å². The minimum atomic E-state index is -1.27. The number of aromatic carboxylic acids is 1. The summed E-state index contributed by atoms with van der Waals surface area (Å²) in [6.45, 7) is 2.66. The van der Waals surface area contributed by atoms with E-state index in [1.54, 1.807) is 13.2 Å². The highest BCUT2D eigenvalue weighted by Gasteiger charge is 2.15. The number of ether oxygens (including phenoxy) is 1. The molecule has 1 aromatic rings. The lowest BCUT2D eigenvalue weighted by molar-refractivity contribution is 0.0693. The Morgan fingerprint density at radius 1 is 1.47 bits per heavy atom. The minimum absolute atomic E-state index is 0.299. The second kappa shape index (κ2) is 7.70. The van der Waals surface area contributed by atoms with Gasteiger partial charge in [0.15, 0.2) is 0 Å². The molecular weight excluding hydrogens is 251 g/mol. The molecule has 0 saturated carbocycles. The Bertz CT molecular complexity index is 426. The molecule has 2 N–H and O–H groups in total. The van der Waals surface area contributed by atoms with E-state index in [1.165, 1.54) is 6.07 Å². The van der Waals surface area contributed by atoms with E-state index in [1.807, 2.05) is 11.9 Å². The zero-order valence-corrected chi connectivity index (χ0v) is 11.1. The summed E-state index contributed by atoms with van der Waals surface area (Å²) in [5.41, 5.74) is -0.0188. The van der Waals surface area contributed by atoms with E-state index in [0.717, 1.165) is 12.6 Å². The fraction of sp³-hybridized carbons (Fsp3) is 0.462. The molecule has 0 atom stereocenters. The molecule has 19 heavy (non-hydrogen) atoms. The fourth-order valence-corrected chi connectivity index (χ4v) is 1.63. The molecule has 1 aromatic carbocycles. The zero-order valence-electron chi connectivity index (χ0n) is 11.1. The molecule has 0 saturated heterocycles. The third-order valence-electron chi connectivity index (χ3n) is 2.71. The average molecular weight is 270 g/mol. The predicted molar refractivity (Wildman–Crippen MR) is 71.2 cm³/mol. The second-order valence-corrected chi connectivity index (χ2v) is 4.19. The molecule has 0 amide bonds. The first kappa shape index (κ1) is 15.4. The van der Waals surface area contributed by atoms with Crippen molar-refractivity contribution < 1.29 is 19.0 Å². The number of methoxy groups -OCH3 is 1. The Morgan fingerprint density at radius 3 is 2.84 bits per heavy atom. The number of nitrogens with one attached hydrogen (secondary N) is 1. The first-order valence-corrected chi connectivity index (χ1v) is 5.99. The molecule has 0 aliphatic carbocycles. The van der Waals surface area contributed by atoms with Crippen LogP contribution in [0.15, 0.2) is 18.2 Å². The van der Waals surface area contributed by atoms with Crippen molar-refractivity contribution in [3.8, 4) is 0 Å². The normalized spacial score (nSPS) is 10.7. The van der Waals surface area contributed by atoms with E-state index in [0.29, 0.717) is 25.4 Å². The number of halogens is 1. The summed E-state index contributed by atoms with van der Waals surface area (Å²) >= 11 is 0. The number of anilines is 1. The molecule has 0 heterocycles. The van der Waals surface area contributed by atoms with Crippen molar-refractivity contribution in [3.63, 3.8) is 0 Å². The Morgan fingerprint density at radius 2 is 2.21 bits per heavy atom. The van der Waals surface area contributed by atoms with Gasteiger partial charge in [0.05, 0.1) is 12.3 Å². The van der Waals surface area contributed by atoms with Crippen LogP contribution < -0.4 is 5.32 Å². The average Bonchev–Trinajstić information content (AvgIpc) is 2.36. The standard InChI is InChI=1S/C13H19FN2O3/c1-16(8-9-19-2)7-6-15-11-5-3-4-10(14)12(11)13(17)18/h3-5,15H,6-9H2,1-2H3,(H,17,18). The van der Waals surface area contributed by atoms with Gasteiger partial charge in [-0.2, -0.15) is 0 Å². The van der Waals surface area contributed by atoms with Gasteiger partial charge < -0.3 is 20.1 Å². The van der Waals surface area contributed by atoms with Crippen molar-refractivity contribution in [2.45, 2.75) is 0 Å². The maximum absolute atomic E-state index is 13.4. The highest BCUT2D eigenvalue weighted by Crippen LogP contribution is 2.18. The predicted octanol–water partition coefficient (Wildman–Crippen LogP) is 1.51. The maximum Gasteiger partial charge on any atom is 0.340 e. The van der Waals surface area contributed by atoms with Crippen LogP contribution in [0.5, 0.6) is 0 Å². The lowest BCUT2D eigenvalue weighted by Gasteiger charge is -2.17. The number of carbonyl (C=O) groups is 1. The smallest absolute Gasteiger partial charge is 0.340 e. The number of likely N-dealkylation sites (N-methyl/N-ethyl adjacent to an activating group) is 1. The Labute approximate surface area is 112 Å². The highest BCUT2D eigenvalue weighted by atomic mass is 19.1. The number of carboxylic acid groups (broad SMARTS) is 1. The number of hydrogen-bond acceptors (Lipinski definition) is 4. The largest absolute Gasteiger partial charge is 0.478 e. The van der Waals surface area contributed by atoms with E-state index >= 15 is 0 Å². The SMILES string of the molecule is COCCN(C)CCNc1cccc(F)c1C(=O)O. The monoisotopic (exact) mass is 270 g/mol. The van der Waals surface area contributed by atoms with E-state index < -0.39 is 11.8 Å². The van der Waals surface area contributed by atoms with E-state index in [-0.39, 0.29) is 5.56 Å². The van der Waals surface area contributed by atoms with Gasteiger partial charge in [-0.1, -0.05) is 6.07 Å². The third-order valence-corrected chi connectivity index (χ3v) is 2.71. The third kappa shape index (κ3) is 4.84. The van der Waals surface area contributed by atoms with Crippen LogP contribution >= 0.6 is 0 Å². The van der Waals surface area contributed by atoms with Crippen molar-refractivity contribution in [1.29, 1.82) is 0 Å². The van der Waals surface area contributed by atoms with Crippen molar-refractivity contribution in [3.05, 3.63) is 29.6 Å². The van der Waals surface area contributed by atoms with Crippen molar-refractivity contribution in [2.24, 2.45) is 0 Å². The van der Waals surface area contributed by atoms with Gasteiger partial charge in [-0.25, -0.2) is 9.18 Å². The molecule has 0 unspecified atom stereocenters. The number of benzene rings is 1. The van der Waals surface area contributed by atoms with Crippen LogP contribution in [-0.4, -0.2) is 56.4 Å². The van der Waals surface area contributed by atoms with Gasteiger partial charge >= 0.3 is 5.97 Å². The van der Waals surface area contributed by atoms with Crippen molar-refractivity contribution in [1.82, 2.24) is 4.90 Å². The van der Waals surface area contributed by atoms with Gasteiger partial charge in [0.25, 0.3) is 0 Å². The highest BCUT2D eigenvalue weighted by molar-refractivity contribution is 5.94. The van der Waals surface area contributed by atoms with Crippen molar-refractivity contribution in [2.75, 3.05) is 45.7 Å². The van der Waals surface area contributed by atoms with Crippen LogP contribution in [0.4, 0.5) is 10.1 Å². The topological polar surface area (TPSA) is 61.8 Å². The summed E-state index contributed by atoms with van der Waals surface area (Å²) < 4.78 is 18.4. The van der Waals surface area contributed by atoms with Crippen LogP contribution in [0.1, 0.15) is 10.4 Å². The fourth-order valence-electron chi connectivity index (χ4n) is 1.63. The molecule has 1 rings (SSSR count). The van der Waals surface area contributed by atoms with Crippen LogP contribution in [0.25, 0.3) is 0 Å². The Balaban J connectivity index is 2.54. The summed E-state index contributed by atoms with van der Waals surface area (Å²) in [6.07, 6.45) is 0. The number of carboxylic acids is 1. The molecule has 6 heteroatoms. The summed E-state index contributed by atoms with van der Waals surface area (Å²) in [7, 11) is 3.57. The van der Waals surface area contributed by atoms with Crippen LogP contribution in [0.2, 0.25) is 0 Å². The van der Waals surface area contributed by atoms with E-state index in [4.69, 9.17) is 9.84 Å². The van der Waals surface area contributed by atoms with Gasteiger partial charge in [0, 0.05) is 26.7 Å². The molecule has 0 aromatic heterocycles. The number of nitrogens with zero attached hydrogens (tertiary/aromatic N) is 1. The van der Waals surface area contributed by atoms with Crippen LogP contribution in [0, 0.1) is 5.82 Å². The molecule has 0 spiro atoms. The van der Waals surface area contributed by atoms with Gasteiger partial charge in [-0.15, -0.1) is 0 Å². The first-order valence-electron chi connectivity index (χ1n) is 5.99. The Kier molecular flexibility index (Phi) is 6.24. The maximum atomic E-state index is 13.4. The molecule has 0 aliphatic heterocycles. The quantitative estimate of drug-likeness (QED) is 0.750. The summed E-state index contributed by atoms with van der Waals surface area (Å²) in [5, 5.41) is 11.9. The van der Waals surface area contributed by atoms with Crippen LogP contribution in [-0.2, 0) is 4.74 Å². The van der Waals surface area contributed by atoms with E-state index in [9.17, 15) is 9.18 Å². The lowest BCUT2D eigenvalue weighted by atomic mass is 10.1. The Hall–Kier alpha value is -1.66. The second-order valence-electron chi connectivity index (χ2n) is 4.19. The van der Waals surface area contributed by atoms with Crippen LogP contribution in [0.3, 0.4) is 0 Å². The number of rotatable bonds is 8. The van der Waals surface area contributed by atoms with Gasteiger partial charge in [0.1, 0.15) is 11.4 Å².